The SMILES string of the molecule is CCC[C@@H]1C=C[C@H]2[C@@H](C(=O)N(CCCO)[C@@H]2C(=O)NC(C)(C)CC(C)(C)C)[C@@H]1C(=O)OCC. The predicted molar refractivity (Wildman–Crippen MR) is 128 cm³/mol. The van der Waals surface area contributed by atoms with Gasteiger partial charge < -0.3 is 20.1 Å². The van der Waals surface area contributed by atoms with E-state index in [1.807, 2.05) is 26.0 Å². The smallest absolute Gasteiger partial charge is 0.310 e. The van der Waals surface area contributed by atoms with Crippen molar-refractivity contribution in [3.8, 4) is 0 Å². The molecule has 0 aromatic rings. The standard InChI is InChI=1S/C26H44N2O5/c1-8-11-17-12-13-18-20(19(17)24(32)33-9-2)23(31)28(14-10-15-29)21(18)22(30)27-26(6,7)16-25(3,4)5/h12-13,17-21,29H,8-11,14-16H2,1-7H3,(H,27,30)/t17-,18+,19-,20-,21+/m1/s1. The lowest BCUT2D eigenvalue weighted by molar-refractivity contribution is -0.155. The maximum atomic E-state index is 13.6. The third-order valence-electron chi connectivity index (χ3n) is 6.55. The Balaban J connectivity index is 2.42. The molecular formula is C26H44N2O5. The van der Waals surface area contributed by atoms with Crippen molar-refractivity contribution in [1.82, 2.24) is 10.2 Å². The molecule has 0 radical (unpaired) electrons. The van der Waals surface area contributed by atoms with Crippen LogP contribution < -0.4 is 5.32 Å². The van der Waals surface area contributed by atoms with Crippen molar-refractivity contribution in [3.05, 3.63) is 12.2 Å². The Bertz CT molecular complexity index is 739. The summed E-state index contributed by atoms with van der Waals surface area (Å²) in [6, 6.07) is -0.705. The normalized spacial score (nSPS) is 27.5. The summed E-state index contributed by atoms with van der Waals surface area (Å²) in [7, 11) is 0. The van der Waals surface area contributed by atoms with Crippen LogP contribution in [0.1, 0.15) is 74.1 Å². The molecule has 1 saturated heterocycles. The van der Waals surface area contributed by atoms with Gasteiger partial charge in [0.05, 0.1) is 18.4 Å². The molecule has 2 aliphatic rings. The molecule has 0 aromatic heterocycles. The molecule has 2 N–H and O–H groups in total. The summed E-state index contributed by atoms with van der Waals surface area (Å²) in [6.45, 7) is 14.7. The first kappa shape index (κ1) is 27.4. The first-order valence-electron chi connectivity index (χ1n) is 12.4. The van der Waals surface area contributed by atoms with Crippen molar-refractivity contribution < 1.29 is 24.2 Å². The molecule has 1 aliphatic heterocycles. The second-order valence-corrected chi connectivity index (χ2v) is 11.4. The molecule has 0 saturated carbocycles. The van der Waals surface area contributed by atoms with E-state index in [2.05, 4.69) is 33.0 Å². The first-order valence-corrected chi connectivity index (χ1v) is 12.4. The molecule has 33 heavy (non-hydrogen) atoms. The summed E-state index contributed by atoms with van der Waals surface area (Å²) in [4.78, 5) is 41.8. The van der Waals surface area contributed by atoms with E-state index in [1.54, 1.807) is 11.8 Å². The summed E-state index contributed by atoms with van der Waals surface area (Å²) in [6.07, 6.45) is 6.80. The lowest BCUT2D eigenvalue weighted by Gasteiger charge is -2.37. The number of rotatable bonds is 10. The van der Waals surface area contributed by atoms with Crippen LogP contribution in [0.15, 0.2) is 12.2 Å². The highest BCUT2D eigenvalue weighted by Gasteiger charge is 2.57. The first-order chi connectivity index (χ1) is 15.4. The minimum atomic E-state index is -0.705. The molecule has 1 heterocycles. The minimum Gasteiger partial charge on any atom is -0.466 e. The number of esters is 1. The lowest BCUT2D eigenvalue weighted by atomic mass is 9.68. The van der Waals surface area contributed by atoms with Crippen LogP contribution in [-0.4, -0.2) is 59.1 Å². The number of nitrogens with zero attached hydrogens (tertiary/aromatic N) is 1. The van der Waals surface area contributed by atoms with E-state index in [-0.39, 0.29) is 48.9 Å². The molecule has 1 fully saturated rings. The second-order valence-electron chi connectivity index (χ2n) is 11.4. The van der Waals surface area contributed by atoms with Crippen molar-refractivity contribution in [3.63, 3.8) is 0 Å². The fraction of sp³-hybridized carbons (Fsp3) is 0.808. The van der Waals surface area contributed by atoms with Crippen LogP contribution in [0, 0.1) is 29.1 Å². The van der Waals surface area contributed by atoms with Crippen LogP contribution in [0.3, 0.4) is 0 Å². The molecule has 2 amide bonds. The zero-order valence-electron chi connectivity index (χ0n) is 21.5. The zero-order chi connectivity index (χ0) is 25.0. The summed E-state index contributed by atoms with van der Waals surface area (Å²) in [5.74, 6) is -2.45. The summed E-state index contributed by atoms with van der Waals surface area (Å²) >= 11 is 0. The third kappa shape index (κ3) is 6.58. The van der Waals surface area contributed by atoms with Gasteiger partial charge in [-0.1, -0.05) is 46.3 Å². The molecule has 0 unspecified atom stereocenters. The van der Waals surface area contributed by atoms with E-state index in [0.717, 1.165) is 19.3 Å². The fourth-order valence-corrected chi connectivity index (χ4v) is 5.93. The topological polar surface area (TPSA) is 95.9 Å². The zero-order valence-corrected chi connectivity index (χ0v) is 21.5. The number of hydrogen-bond acceptors (Lipinski definition) is 5. The van der Waals surface area contributed by atoms with Crippen LogP contribution >= 0.6 is 0 Å². The molecular weight excluding hydrogens is 420 g/mol. The van der Waals surface area contributed by atoms with Crippen LogP contribution in [0.2, 0.25) is 0 Å². The van der Waals surface area contributed by atoms with E-state index in [0.29, 0.717) is 6.42 Å². The Hall–Kier alpha value is -1.89. The number of allylic oxidation sites excluding steroid dienone is 1. The van der Waals surface area contributed by atoms with Gasteiger partial charge >= 0.3 is 5.97 Å². The van der Waals surface area contributed by atoms with Crippen LogP contribution in [0.5, 0.6) is 0 Å². The van der Waals surface area contributed by atoms with E-state index < -0.39 is 29.3 Å². The number of aliphatic hydroxyl groups is 1. The molecule has 7 heteroatoms. The number of carbonyl (C=O) groups is 3. The molecule has 0 bridgehead atoms. The minimum absolute atomic E-state index is 0.0223. The molecule has 5 atom stereocenters. The van der Waals surface area contributed by atoms with E-state index in [4.69, 9.17) is 4.74 Å². The highest BCUT2D eigenvalue weighted by atomic mass is 16.5. The molecule has 0 spiro atoms. The molecule has 1 aliphatic carbocycles. The quantitative estimate of drug-likeness (QED) is 0.382. The van der Waals surface area contributed by atoms with Gasteiger partial charge in [-0.3, -0.25) is 14.4 Å². The monoisotopic (exact) mass is 464 g/mol. The summed E-state index contributed by atoms with van der Waals surface area (Å²) < 4.78 is 5.38. The van der Waals surface area contributed by atoms with E-state index in [9.17, 15) is 19.5 Å². The fourth-order valence-electron chi connectivity index (χ4n) is 5.93. The average molecular weight is 465 g/mol. The van der Waals surface area contributed by atoms with Gasteiger partial charge in [0, 0.05) is 24.6 Å². The van der Waals surface area contributed by atoms with Crippen molar-refractivity contribution in [1.29, 1.82) is 0 Å². The molecule has 0 aromatic carbocycles. The van der Waals surface area contributed by atoms with Crippen molar-refractivity contribution >= 4 is 17.8 Å². The largest absolute Gasteiger partial charge is 0.466 e. The Morgan fingerprint density at radius 3 is 2.36 bits per heavy atom. The highest BCUT2D eigenvalue weighted by molar-refractivity contribution is 5.96. The summed E-state index contributed by atoms with van der Waals surface area (Å²) in [5.41, 5.74) is -0.433. The summed E-state index contributed by atoms with van der Waals surface area (Å²) in [5, 5.41) is 12.6. The van der Waals surface area contributed by atoms with Crippen molar-refractivity contribution in [2.75, 3.05) is 19.8 Å². The van der Waals surface area contributed by atoms with E-state index >= 15 is 0 Å². The number of aliphatic hydroxyl groups excluding tert-OH is 1. The number of nitrogens with one attached hydrogen (secondary N) is 1. The third-order valence-corrected chi connectivity index (χ3v) is 6.55. The van der Waals surface area contributed by atoms with Gasteiger partial charge in [0.25, 0.3) is 0 Å². The number of hydrogen-bond donors (Lipinski definition) is 2. The highest BCUT2D eigenvalue weighted by Crippen LogP contribution is 2.45. The lowest BCUT2D eigenvalue weighted by Crippen LogP contribution is -2.54. The Morgan fingerprint density at radius 2 is 1.82 bits per heavy atom. The Labute approximate surface area is 199 Å². The number of fused-ring (bicyclic) bond motifs is 1. The van der Waals surface area contributed by atoms with Crippen LogP contribution in [0.4, 0.5) is 0 Å². The van der Waals surface area contributed by atoms with Crippen LogP contribution in [-0.2, 0) is 19.1 Å². The number of carbonyl (C=O) groups excluding carboxylic acids is 3. The maximum Gasteiger partial charge on any atom is 0.310 e. The van der Waals surface area contributed by atoms with Gasteiger partial charge in [-0.25, -0.2) is 0 Å². The molecule has 188 valence electrons. The van der Waals surface area contributed by atoms with Gasteiger partial charge in [-0.15, -0.1) is 0 Å². The van der Waals surface area contributed by atoms with Gasteiger partial charge in [0.15, 0.2) is 0 Å². The molecule has 7 nitrogen and oxygen atoms in total. The van der Waals surface area contributed by atoms with E-state index in [1.165, 1.54) is 0 Å². The molecule has 2 rings (SSSR count). The second kappa shape index (κ2) is 11.0. The maximum absolute atomic E-state index is 13.6. The van der Waals surface area contributed by atoms with Gasteiger partial charge in [0.1, 0.15) is 6.04 Å². The Kier molecular flexibility index (Phi) is 9.14. The number of ether oxygens (including phenoxy) is 1. The van der Waals surface area contributed by atoms with Gasteiger partial charge in [0.2, 0.25) is 11.8 Å². The predicted octanol–water partition coefficient (Wildman–Crippen LogP) is 3.31. The van der Waals surface area contributed by atoms with Gasteiger partial charge in [-0.2, -0.15) is 0 Å². The van der Waals surface area contributed by atoms with Crippen LogP contribution in [0.25, 0.3) is 0 Å². The van der Waals surface area contributed by atoms with Crippen molar-refractivity contribution in [2.45, 2.75) is 85.7 Å². The number of amides is 2. The Morgan fingerprint density at radius 1 is 1.15 bits per heavy atom. The number of likely N-dealkylation sites (tertiary alicyclic amines) is 1. The average Bonchev–Trinajstić information content (AvgIpc) is 2.96. The van der Waals surface area contributed by atoms with Gasteiger partial charge in [-0.05, 0) is 51.4 Å². The van der Waals surface area contributed by atoms with Crippen molar-refractivity contribution in [2.24, 2.45) is 29.1 Å².